The molecule has 0 saturated carbocycles. The van der Waals surface area contributed by atoms with Gasteiger partial charge in [0, 0.05) is 50.6 Å². The minimum atomic E-state index is -0.526. The third-order valence-corrected chi connectivity index (χ3v) is 7.16. The molecule has 200 valence electrons. The van der Waals surface area contributed by atoms with Crippen molar-refractivity contribution in [3.05, 3.63) is 71.8 Å². The van der Waals surface area contributed by atoms with Crippen LogP contribution in [0.5, 0.6) is 11.5 Å². The van der Waals surface area contributed by atoms with Gasteiger partial charge in [-0.15, -0.1) is 0 Å². The number of carbonyl (C=O) groups excluding carboxylic acids is 2. The van der Waals surface area contributed by atoms with Crippen molar-refractivity contribution < 1.29 is 29.3 Å². The predicted molar refractivity (Wildman–Crippen MR) is 143 cm³/mol. The van der Waals surface area contributed by atoms with Crippen LogP contribution in [-0.2, 0) is 9.47 Å². The smallest absolute Gasteiger partial charge is 0.200 e. The number of anilines is 2. The molecule has 2 atom stereocenters. The average molecular weight is 521 g/mol. The third kappa shape index (κ3) is 4.67. The van der Waals surface area contributed by atoms with Gasteiger partial charge in [-0.05, 0) is 36.4 Å². The number of ether oxygens (including phenoxy) is 2. The molecule has 4 N–H and O–H groups in total. The van der Waals surface area contributed by atoms with Crippen molar-refractivity contribution in [2.24, 2.45) is 0 Å². The predicted octanol–water partition coefficient (Wildman–Crippen LogP) is 2.39. The van der Waals surface area contributed by atoms with Crippen molar-refractivity contribution >= 4 is 22.9 Å². The van der Waals surface area contributed by atoms with Gasteiger partial charge in [0.15, 0.2) is 0 Å². The zero-order valence-corrected chi connectivity index (χ0v) is 21.1. The van der Waals surface area contributed by atoms with Crippen LogP contribution in [0.1, 0.15) is 31.8 Å². The standard InChI is InChI=1S/C28H32N4O6/c1-3-21-31(13-15-37-21)11-9-29-17-5-6-18(30-10-12-32-14-16-38-22(32)4-2)24-23(17)27(35)25-19(33)7-8-20(34)26(25)28(24)36/h3-8,21-22,29-30,33-34H,1-2,9-16H2. The Bertz CT molecular complexity index is 1180. The maximum atomic E-state index is 13.7. The first-order chi connectivity index (χ1) is 18.4. The molecule has 2 fully saturated rings. The van der Waals surface area contributed by atoms with Crippen LogP contribution in [-0.4, -0.2) is 96.5 Å². The van der Waals surface area contributed by atoms with Crippen molar-refractivity contribution in [1.82, 2.24) is 9.80 Å². The molecule has 1 aliphatic carbocycles. The third-order valence-electron chi connectivity index (χ3n) is 7.16. The topological polar surface area (TPSA) is 124 Å². The first-order valence-corrected chi connectivity index (χ1v) is 12.7. The molecule has 0 radical (unpaired) electrons. The molecule has 5 rings (SSSR count). The van der Waals surface area contributed by atoms with Gasteiger partial charge in [-0.25, -0.2) is 0 Å². The van der Waals surface area contributed by atoms with Gasteiger partial charge < -0.3 is 30.3 Å². The number of carbonyl (C=O) groups is 2. The fourth-order valence-electron chi connectivity index (χ4n) is 5.29. The quantitative estimate of drug-likeness (QED) is 0.234. The van der Waals surface area contributed by atoms with E-state index in [1.165, 1.54) is 12.1 Å². The van der Waals surface area contributed by atoms with Crippen molar-refractivity contribution in [3.8, 4) is 11.5 Å². The molecular weight excluding hydrogens is 488 g/mol. The van der Waals surface area contributed by atoms with Crippen molar-refractivity contribution in [1.29, 1.82) is 0 Å². The van der Waals surface area contributed by atoms with Gasteiger partial charge in [0.1, 0.15) is 24.0 Å². The SMILES string of the molecule is C=CC1OCCN1CCNc1ccc(NCCN2CCOC2C=C)c2c1C(=O)c1c(O)ccc(O)c1C2=O. The van der Waals surface area contributed by atoms with E-state index in [2.05, 4.69) is 33.6 Å². The molecule has 0 aromatic heterocycles. The van der Waals surface area contributed by atoms with Crippen LogP contribution < -0.4 is 10.6 Å². The second kappa shape index (κ2) is 11.0. The van der Waals surface area contributed by atoms with Crippen molar-refractivity contribution in [2.45, 2.75) is 12.5 Å². The Hall–Kier alpha value is -3.70. The lowest BCUT2D eigenvalue weighted by Gasteiger charge is -2.26. The maximum Gasteiger partial charge on any atom is 0.200 e. The summed E-state index contributed by atoms with van der Waals surface area (Å²) in [7, 11) is 0. The van der Waals surface area contributed by atoms with Crippen LogP contribution in [0.4, 0.5) is 11.4 Å². The van der Waals surface area contributed by atoms with Crippen LogP contribution in [0.3, 0.4) is 0 Å². The van der Waals surface area contributed by atoms with Crippen LogP contribution in [0, 0.1) is 0 Å². The normalized spacial score (nSPS) is 21.3. The molecule has 0 amide bonds. The van der Waals surface area contributed by atoms with E-state index in [9.17, 15) is 19.8 Å². The molecular formula is C28H32N4O6. The average Bonchev–Trinajstić information content (AvgIpc) is 3.57. The number of phenolic OH excluding ortho intramolecular Hbond substituents is 2. The van der Waals surface area contributed by atoms with Crippen LogP contribution in [0.2, 0.25) is 0 Å². The molecule has 10 heteroatoms. The Balaban J connectivity index is 1.43. The molecule has 38 heavy (non-hydrogen) atoms. The van der Waals surface area contributed by atoms with E-state index < -0.39 is 11.6 Å². The summed E-state index contributed by atoms with van der Waals surface area (Å²) in [4.78, 5) is 31.7. The minimum Gasteiger partial charge on any atom is -0.507 e. The highest BCUT2D eigenvalue weighted by molar-refractivity contribution is 6.33. The number of hydrogen-bond acceptors (Lipinski definition) is 10. The molecule has 10 nitrogen and oxygen atoms in total. The number of hydrogen-bond donors (Lipinski definition) is 4. The summed E-state index contributed by atoms with van der Waals surface area (Å²) in [6.07, 6.45) is 3.17. The van der Waals surface area contributed by atoms with Crippen molar-refractivity contribution in [2.75, 3.05) is 63.1 Å². The van der Waals surface area contributed by atoms with E-state index >= 15 is 0 Å². The summed E-state index contributed by atoms with van der Waals surface area (Å²) in [6, 6.07) is 5.95. The molecule has 2 aromatic carbocycles. The van der Waals surface area contributed by atoms with E-state index in [4.69, 9.17) is 9.47 Å². The molecule has 2 saturated heterocycles. The van der Waals surface area contributed by atoms with Gasteiger partial charge in [0.05, 0.1) is 35.5 Å². The Labute approximate surface area is 221 Å². The van der Waals surface area contributed by atoms with Crippen LogP contribution in [0.25, 0.3) is 0 Å². The first-order valence-electron chi connectivity index (χ1n) is 12.7. The van der Waals surface area contributed by atoms with Gasteiger partial charge >= 0.3 is 0 Å². The van der Waals surface area contributed by atoms with E-state index in [0.717, 1.165) is 13.1 Å². The number of rotatable bonds is 10. The number of benzene rings is 2. The second-order valence-corrected chi connectivity index (χ2v) is 9.34. The van der Waals surface area contributed by atoms with Crippen LogP contribution >= 0.6 is 0 Å². The van der Waals surface area contributed by atoms with Gasteiger partial charge in [0.25, 0.3) is 0 Å². The lowest BCUT2D eigenvalue weighted by molar-refractivity contribution is 0.0758. The lowest BCUT2D eigenvalue weighted by atomic mass is 9.81. The molecule has 0 bridgehead atoms. The Morgan fingerprint density at radius 2 is 1.18 bits per heavy atom. The summed E-state index contributed by atoms with van der Waals surface area (Å²) >= 11 is 0. The zero-order chi connectivity index (χ0) is 26.8. The Kier molecular flexibility index (Phi) is 7.48. The summed E-state index contributed by atoms with van der Waals surface area (Å²) in [5.74, 6) is -1.75. The van der Waals surface area contributed by atoms with Gasteiger partial charge in [-0.2, -0.15) is 0 Å². The first kappa shape index (κ1) is 25.9. The highest BCUT2D eigenvalue weighted by atomic mass is 16.5. The molecule has 0 spiro atoms. The molecule has 2 unspecified atom stereocenters. The molecule has 2 aliphatic heterocycles. The Morgan fingerprint density at radius 1 is 0.763 bits per heavy atom. The van der Waals surface area contributed by atoms with E-state index in [-0.39, 0.29) is 46.2 Å². The van der Waals surface area contributed by atoms with Gasteiger partial charge in [-0.1, -0.05) is 13.2 Å². The zero-order valence-electron chi connectivity index (χ0n) is 21.1. The largest absolute Gasteiger partial charge is 0.507 e. The summed E-state index contributed by atoms with van der Waals surface area (Å²) < 4.78 is 11.2. The summed E-state index contributed by atoms with van der Waals surface area (Å²) in [5.41, 5.74) is 0.912. The van der Waals surface area contributed by atoms with E-state index in [0.29, 0.717) is 50.8 Å². The number of nitrogens with zero attached hydrogens (tertiary/aromatic N) is 2. The van der Waals surface area contributed by atoms with Crippen molar-refractivity contribution in [3.63, 3.8) is 0 Å². The van der Waals surface area contributed by atoms with Gasteiger partial charge in [0.2, 0.25) is 11.6 Å². The number of ketones is 2. The second-order valence-electron chi connectivity index (χ2n) is 9.34. The fourth-order valence-corrected chi connectivity index (χ4v) is 5.29. The minimum absolute atomic E-state index is 0.158. The fraction of sp³-hybridized carbons (Fsp3) is 0.357. The maximum absolute atomic E-state index is 13.7. The highest BCUT2D eigenvalue weighted by Crippen LogP contribution is 2.42. The summed E-state index contributed by atoms with van der Waals surface area (Å²) in [6.45, 7) is 12.6. The molecule has 3 aliphatic rings. The lowest BCUT2D eigenvalue weighted by Crippen LogP contribution is -2.34. The van der Waals surface area contributed by atoms with E-state index in [1.807, 2.05) is 0 Å². The molecule has 2 aromatic rings. The van der Waals surface area contributed by atoms with Gasteiger partial charge in [-0.3, -0.25) is 19.4 Å². The Morgan fingerprint density at radius 3 is 1.58 bits per heavy atom. The number of aromatic hydroxyl groups is 2. The summed E-state index contributed by atoms with van der Waals surface area (Å²) in [5, 5.41) is 27.5. The highest BCUT2D eigenvalue weighted by Gasteiger charge is 2.38. The number of fused-ring (bicyclic) bond motifs is 2. The number of phenols is 2. The molecule has 2 heterocycles. The van der Waals surface area contributed by atoms with Crippen LogP contribution in [0.15, 0.2) is 49.6 Å². The number of nitrogens with one attached hydrogen (secondary N) is 2. The van der Waals surface area contributed by atoms with E-state index in [1.54, 1.807) is 24.3 Å². The monoisotopic (exact) mass is 520 g/mol.